The predicted molar refractivity (Wildman–Crippen MR) is 34.4 cm³/mol. The van der Waals surface area contributed by atoms with E-state index in [2.05, 4.69) is 4.74 Å². The second-order valence-corrected chi connectivity index (χ2v) is 2.08. The molecule has 0 unspecified atom stereocenters. The maximum Gasteiger partial charge on any atom is 0.333 e. The van der Waals surface area contributed by atoms with Crippen LogP contribution in [0.25, 0.3) is 0 Å². The highest BCUT2D eigenvalue weighted by molar-refractivity contribution is 6.19. The number of alkyl halides is 1. The monoisotopic (exact) mass is 146 g/mol. The van der Waals surface area contributed by atoms with Crippen molar-refractivity contribution in [2.24, 2.45) is 0 Å². The summed E-state index contributed by atoms with van der Waals surface area (Å²) in [6.07, 6.45) is 2.41. The van der Waals surface area contributed by atoms with E-state index < -0.39 is 0 Å². The first-order valence-corrected chi connectivity index (χ1v) is 3.30. The zero-order chi connectivity index (χ0) is 6.69. The minimum absolute atomic E-state index is 0.212. The molecule has 0 spiro atoms. The first kappa shape index (κ1) is 6.62. The molecular weight excluding hydrogens is 140 g/mol. The Morgan fingerprint density at radius 2 is 2.56 bits per heavy atom. The lowest BCUT2D eigenvalue weighted by Crippen LogP contribution is -1.94. The van der Waals surface area contributed by atoms with Gasteiger partial charge in [-0.1, -0.05) is 6.08 Å². The number of ether oxygens (including phenoxy) is 1. The van der Waals surface area contributed by atoms with Crippen LogP contribution >= 0.6 is 11.6 Å². The number of allylic oxidation sites excluding steroid dienone is 1. The fraction of sp³-hybridized carbons (Fsp3) is 0.500. The van der Waals surface area contributed by atoms with Gasteiger partial charge in [0.1, 0.15) is 0 Å². The van der Waals surface area contributed by atoms with Gasteiger partial charge in [0, 0.05) is 17.9 Å². The molecule has 0 saturated carbocycles. The van der Waals surface area contributed by atoms with Gasteiger partial charge >= 0.3 is 5.97 Å². The van der Waals surface area contributed by atoms with E-state index >= 15 is 0 Å². The topological polar surface area (TPSA) is 26.3 Å². The highest BCUT2D eigenvalue weighted by Gasteiger charge is 2.17. The predicted octanol–water partition coefficient (Wildman–Crippen LogP) is 1.10. The number of halogens is 1. The van der Waals surface area contributed by atoms with Gasteiger partial charge in [-0.15, -0.1) is 11.6 Å². The van der Waals surface area contributed by atoms with Crippen molar-refractivity contribution in [2.75, 3.05) is 12.5 Å². The minimum Gasteiger partial charge on any atom is -0.462 e. The van der Waals surface area contributed by atoms with Gasteiger partial charge in [0.15, 0.2) is 0 Å². The van der Waals surface area contributed by atoms with Crippen LogP contribution in [0.2, 0.25) is 0 Å². The molecule has 0 bridgehead atoms. The molecule has 2 nitrogen and oxygen atoms in total. The van der Waals surface area contributed by atoms with Gasteiger partial charge in [0.05, 0.1) is 6.61 Å². The van der Waals surface area contributed by atoms with Gasteiger partial charge in [0.2, 0.25) is 0 Å². The van der Waals surface area contributed by atoms with Crippen molar-refractivity contribution < 1.29 is 9.53 Å². The summed E-state index contributed by atoms with van der Waals surface area (Å²) in [7, 11) is 0. The number of hydrogen-bond acceptors (Lipinski definition) is 2. The smallest absolute Gasteiger partial charge is 0.333 e. The van der Waals surface area contributed by atoms with Crippen molar-refractivity contribution in [3.05, 3.63) is 11.6 Å². The Balaban J connectivity index is 2.59. The van der Waals surface area contributed by atoms with Gasteiger partial charge in [-0.25, -0.2) is 4.79 Å². The van der Waals surface area contributed by atoms with Crippen LogP contribution in [0.5, 0.6) is 0 Å². The molecule has 3 heteroatoms. The maximum absolute atomic E-state index is 10.6. The molecule has 1 heterocycles. The number of hydrogen-bond donors (Lipinski definition) is 0. The molecule has 0 N–H and O–H groups in total. The minimum atomic E-state index is -0.212. The Morgan fingerprint density at radius 1 is 1.78 bits per heavy atom. The molecule has 1 fully saturated rings. The summed E-state index contributed by atoms with van der Waals surface area (Å²) in [6, 6.07) is 0. The number of esters is 1. The fourth-order valence-corrected chi connectivity index (χ4v) is 0.913. The van der Waals surface area contributed by atoms with Gasteiger partial charge in [-0.3, -0.25) is 0 Å². The lowest BCUT2D eigenvalue weighted by molar-refractivity contribution is -0.135. The molecule has 1 saturated heterocycles. The van der Waals surface area contributed by atoms with Crippen LogP contribution in [-0.2, 0) is 9.53 Å². The van der Waals surface area contributed by atoms with Crippen molar-refractivity contribution in [1.29, 1.82) is 0 Å². The summed E-state index contributed by atoms with van der Waals surface area (Å²) >= 11 is 5.36. The third kappa shape index (κ3) is 1.45. The van der Waals surface area contributed by atoms with Crippen molar-refractivity contribution in [2.45, 2.75) is 6.42 Å². The van der Waals surface area contributed by atoms with Gasteiger partial charge in [-0.2, -0.15) is 0 Å². The van der Waals surface area contributed by atoms with Crippen molar-refractivity contribution in [3.63, 3.8) is 0 Å². The number of rotatable bonds is 1. The largest absolute Gasteiger partial charge is 0.462 e. The second-order valence-electron chi connectivity index (χ2n) is 1.77. The Labute approximate surface area is 58.4 Å². The van der Waals surface area contributed by atoms with E-state index in [1.165, 1.54) is 0 Å². The summed E-state index contributed by atoms with van der Waals surface area (Å²) in [6.45, 7) is 0.515. The van der Waals surface area contributed by atoms with E-state index in [1.54, 1.807) is 6.08 Å². The summed E-state index contributed by atoms with van der Waals surface area (Å²) in [4.78, 5) is 10.6. The number of carbonyl (C=O) groups is 1. The fourth-order valence-electron chi connectivity index (χ4n) is 0.727. The van der Waals surface area contributed by atoms with E-state index in [9.17, 15) is 4.79 Å². The van der Waals surface area contributed by atoms with E-state index in [-0.39, 0.29) is 5.97 Å². The number of carbonyl (C=O) groups excluding carboxylic acids is 1. The Morgan fingerprint density at radius 3 is 3.00 bits per heavy atom. The first-order chi connectivity index (χ1) is 4.34. The van der Waals surface area contributed by atoms with Crippen molar-refractivity contribution in [3.8, 4) is 0 Å². The number of cyclic esters (lactones) is 1. The Hall–Kier alpha value is -0.500. The molecule has 9 heavy (non-hydrogen) atoms. The van der Waals surface area contributed by atoms with E-state index in [4.69, 9.17) is 11.6 Å². The molecule has 1 aliphatic heterocycles. The van der Waals surface area contributed by atoms with Crippen LogP contribution in [0.3, 0.4) is 0 Å². The molecule has 0 atom stereocenters. The van der Waals surface area contributed by atoms with Crippen LogP contribution < -0.4 is 0 Å². The highest BCUT2D eigenvalue weighted by atomic mass is 35.5. The van der Waals surface area contributed by atoms with Crippen LogP contribution in [0.15, 0.2) is 11.6 Å². The lowest BCUT2D eigenvalue weighted by atomic mass is 10.2. The zero-order valence-corrected chi connectivity index (χ0v) is 5.65. The molecule has 1 rings (SSSR count). The maximum atomic E-state index is 10.6. The summed E-state index contributed by atoms with van der Waals surface area (Å²) in [5, 5.41) is 0. The molecule has 0 amide bonds. The zero-order valence-electron chi connectivity index (χ0n) is 4.89. The third-order valence-corrected chi connectivity index (χ3v) is 1.34. The SMILES string of the molecule is O=C1OCC/C1=C\CCl. The van der Waals surface area contributed by atoms with Crippen molar-refractivity contribution in [1.82, 2.24) is 0 Å². The molecule has 0 aliphatic carbocycles. The van der Waals surface area contributed by atoms with Gasteiger partial charge in [0.25, 0.3) is 0 Å². The quantitative estimate of drug-likeness (QED) is 0.315. The third-order valence-electron chi connectivity index (χ3n) is 1.19. The first-order valence-electron chi connectivity index (χ1n) is 2.76. The lowest BCUT2D eigenvalue weighted by Gasteiger charge is -1.86. The van der Waals surface area contributed by atoms with Crippen LogP contribution in [0.4, 0.5) is 0 Å². The van der Waals surface area contributed by atoms with E-state index in [1.807, 2.05) is 0 Å². The summed E-state index contributed by atoms with van der Waals surface area (Å²) < 4.78 is 4.65. The van der Waals surface area contributed by atoms with Crippen LogP contribution in [-0.4, -0.2) is 18.5 Å². The Kier molecular flexibility index (Phi) is 2.11. The van der Waals surface area contributed by atoms with E-state index in [0.29, 0.717) is 24.5 Å². The van der Waals surface area contributed by atoms with Crippen LogP contribution in [0.1, 0.15) is 6.42 Å². The normalized spacial score (nSPS) is 22.8. The molecule has 0 aromatic carbocycles. The molecule has 0 aromatic rings. The van der Waals surface area contributed by atoms with Crippen LogP contribution in [0, 0.1) is 0 Å². The molecule has 1 aliphatic rings. The van der Waals surface area contributed by atoms with Crippen molar-refractivity contribution >= 4 is 17.6 Å². The molecule has 0 radical (unpaired) electrons. The van der Waals surface area contributed by atoms with Gasteiger partial charge in [-0.05, 0) is 0 Å². The standard InChI is InChI=1S/C6H7ClO2/c7-3-1-5-2-4-9-6(5)8/h1H,2-4H2/b5-1+. The average molecular weight is 147 g/mol. The summed E-state index contributed by atoms with van der Waals surface area (Å²) in [5.41, 5.74) is 0.713. The molecule has 50 valence electrons. The Bertz CT molecular complexity index is 151. The molecule has 0 aromatic heterocycles. The van der Waals surface area contributed by atoms with E-state index in [0.717, 1.165) is 0 Å². The second kappa shape index (κ2) is 2.87. The highest BCUT2D eigenvalue weighted by Crippen LogP contribution is 2.12. The molecular formula is C6H7ClO2. The summed E-state index contributed by atoms with van der Waals surface area (Å²) in [5.74, 6) is 0.181. The van der Waals surface area contributed by atoms with Gasteiger partial charge < -0.3 is 4.74 Å². The average Bonchev–Trinajstić information content (AvgIpc) is 2.18.